The van der Waals surface area contributed by atoms with E-state index in [0.717, 1.165) is 0 Å². The van der Waals surface area contributed by atoms with Gasteiger partial charge in [0.05, 0.1) is 25.9 Å². The summed E-state index contributed by atoms with van der Waals surface area (Å²) in [5, 5.41) is 70.0. The molecule has 0 aromatic heterocycles. The van der Waals surface area contributed by atoms with Gasteiger partial charge in [0, 0.05) is 6.42 Å². The summed E-state index contributed by atoms with van der Waals surface area (Å²) in [4.78, 5) is 11.6. The van der Waals surface area contributed by atoms with E-state index in [1.807, 2.05) is 0 Å². The van der Waals surface area contributed by atoms with Gasteiger partial charge in [0.2, 0.25) is 0 Å². The molecular weight excluding hydrogens is 420 g/mol. The first-order chi connectivity index (χ1) is 14.6. The van der Waals surface area contributed by atoms with Gasteiger partial charge in [-0.1, -0.05) is 6.92 Å². The Labute approximate surface area is 179 Å². The van der Waals surface area contributed by atoms with E-state index in [4.69, 9.17) is 18.9 Å². The molecule has 0 spiro atoms. The lowest BCUT2D eigenvalue weighted by Gasteiger charge is -2.46. The van der Waals surface area contributed by atoms with Crippen LogP contribution in [0.1, 0.15) is 26.7 Å². The van der Waals surface area contributed by atoms with Crippen molar-refractivity contribution < 1.29 is 59.5 Å². The molecule has 2 rings (SSSR count). The molecule has 0 saturated carbocycles. The van der Waals surface area contributed by atoms with Gasteiger partial charge < -0.3 is 54.7 Å². The monoisotopic (exact) mass is 454 g/mol. The minimum absolute atomic E-state index is 0.0884. The van der Waals surface area contributed by atoms with Crippen LogP contribution in [0.5, 0.6) is 0 Å². The molecule has 7 N–H and O–H groups in total. The summed E-state index contributed by atoms with van der Waals surface area (Å²) < 4.78 is 21.3. The van der Waals surface area contributed by atoms with E-state index in [1.165, 1.54) is 0 Å². The van der Waals surface area contributed by atoms with Gasteiger partial charge in [-0.25, -0.2) is 0 Å². The van der Waals surface area contributed by atoms with Gasteiger partial charge >= 0.3 is 5.97 Å². The number of hydrogen-bond donors (Lipinski definition) is 7. The maximum absolute atomic E-state index is 11.6. The molecule has 12 nitrogen and oxygen atoms in total. The molecule has 0 aromatic carbocycles. The van der Waals surface area contributed by atoms with E-state index in [1.54, 1.807) is 13.8 Å². The molecule has 3 unspecified atom stereocenters. The molecule has 12 heteroatoms. The molecule has 0 amide bonds. The van der Waals surface area contributed by atoms with Crippen LogP contribution in [0.25, 0.3) is 0 Å². The van der Waals surface area contributed by atoms with E-state index in [2.05, 4.69) is 0 Å². The van der Waals surface area contributed by atoms with Crippen LogP contribution in [0.3, 0.4) is 0 Å². The maximum Gasteiger partial charge on any atom is 0.306 e. The van der Waals surface area contributed by atoms with Crippen molar-refractivity contribution in [3.63, 3.8) is 0 Å². The second kappa shape index (κ2) is 11.8. The molecule has 11 atom stereocenters. The van der Waals surface area contributed by atoms with E-state index in [-0.39, 0.29) is 25.4 Å². The van der Waals surface area contributed by atoms with E-state index < -0.39 is 80.4 Å². The Morgan fingerprint density at radius 3 is 2.06 bits per heavy atom. The molecule has 0 aliphatic carbocycles. The van der Waals surface area contributed by atoms with Gasteiger partial charge in [-0.3, -0.25) is 4.79 Å². The van der Waals surface area contributed by atoms with Gasteiger partial charge in [0.25, 0.3) is 0 Å². The predicted octanol–water partition coefficient (Wildman–Crippen LogP) is -3.37. The fourth-order valence-corrected chi connectivity index (χ4v) is 3.85. The van der Waals surface area contributed by atoms with Gasteiger partial charge in [0.15, 0.2) is 6.29 Å². The van der Waals surface area contributed by atoms with Gasteiger partial charge in [-0.15, -0.1) is 0 Å². The summed E-state index contributed by atoms with van der Waals surface area (Å²) in [7, 11) is 0. The number of hydrogen-bond acceptors (Lipinski definition) is 12. The standard InChI is InChI=1S/C19H34O12/c1-3-28-12(22)5-8(2)4-9-13(23)16(26)18(11(7-21)29-9)31-19-17(27)15(25)14(24)10(6-20)30-19/h8-11,13-21,23-27H,3-7H2,1-2H3/t8?,9-,10+,11+,13-,14-,15-,16+,17+,18?,19?/m0/s1. The summed E-state index contributed by atoms with van der Waals surface area (Å²) in [6.07, 6.45) is -13.9. The maximum atomic E-state index is 11.6. The molecule has 0 bridgehead atoms. The van der Waals surface area contributed by atoms with Crippen LogP contribution in [0.4, 0.5) is 0 Å². The normalized spacial score (nSPS) is 42.2. The highest BCUT2D eigenvalue weighted by Crippen LogP contribution is 2.31. The van der Waals surface area contributed by atoms with Crippen molar-refractivity contribution in [3.8, 4) is 0 Å². The van der Waals surface area contributed by atoms with E-state index in [0.29, 0.717) is 0 Å². The highest BCUT2D eigenvalue weighted by atomic mass is 16.7. The SMILES string of the molecule is CCOC(=O)CC(C)C[C@@H]1O[C@H](CO)C(OC2O[C@H](CO)[C@H](O)[C@H](O)[C@H]2O)[C@H](O)[C@H]1O. The van der Waals surface area contributed by atoms with Crippen molar-refractivity contribution in [2.75, 3.05) is 19.8 Å². The summed E-state index contributed by atoms with van der Waals surface area (Å²) >= 11 is 0. The van der Waals surface area contributed by atoms with Crippen molar-refractivity contribution in [2.24, 2.45) is 5.92 Å². The number of carbonyl (C=O) groups excluding carboxylic acids is 1. The third-order valence-electron chi connectivity index (χ3n) is 5.56. The highest BCUT2D eigenvalue weighted by molar-refractivity contribution is 5.69. The smallest absolute Gasteiger partial charge is 0.306 e. The molecule has 0 radical (unpaired) electrons. The van der Waals surface area contributed by atoms with Gasteiger partial charge in [0.1, 0.15) is 48.8 Å². The van der Waals surface area contributed by atoms with Crippen LogP contribution in [0.2, 0.25) is 0 Å². The topological polar surface area (TPSA) is 196 Å². The van der Waals surface area contributed by atoms with Crippen LogP contribution in [-0.4, -0.2) is 123 Å². The Morgan fingerprint density at radius 2 is 1.48 bits per heavy atom. The summed E-state index contributed by atoms with van der Waals surface area (Å²) in [5.41, 5.74) is 0. The highest BCUT2D eigenvalue weighted by Gasteiger charge is 2.50. The molecule has 2 saturated heterocycles. The zero-order valence-corrected chi connectivity index (χ0v) is 17.6. The van der Waals surface area contributed by atoms with Crippen LogP contribution in [-0.2, 0) is 23.7 Å². The second-order valence-electron chi connectivity index (χ2n) is 8.02. The lowest BCUT2D eigenvalue weighted by Crippen LogP contribution is -2.64. The third kappa shape index (κ3) is 6.32. The van der Waals surface area contributed by atoms with E-state index >= 15 is 0 Å². The second-order valence-corrected chi connectivity index (χ2v) is 8.02. The van der Waals surface area contributed by atoms with Crippen LogP contribution < -0.4 is 0 Å². The van der Waals surface area contributed by atoms with Crippen molar-refractivity contribution in [1.82, 2.24) is 0 Å². The average Bonchev–Trinajstić information content (AvgIpc) is 2.73. The summed E-state index contributed by atoms with van der Waals surface area (Å²) in [5.74, 6) is -0.642. The number of esters is 1. The van der Waals surface area contributed by atoms with Gasteiger partial charge in [-0.2, -0.15) is 0 Å². The van der Waals surface area contributed by atoms with Crippen LogP contribution in [0, 0.1) is 5.92 Å². The van der Waals surface area contributed by atoms with E-state index in [9.17, 15) is 40.5 Å². The quantitative estimate of drug-likeness (QED) is 0.171. The third-order valence-corrected chi connectivity index (χ3v) is 5.56. The molecule has 2 aliphatic rings. The largest absolute Gasteiger partial charge is 0.466 e. The lowest BCUT2D eigenvalue weighted by atomic mass is 9.89. The summed E-state index contributed by atoms with van der Waals surface area (Å²) in [6.45, 7) is 2.42. The Balaban J connectivity index is 2.04. The first-order valence-electron chi connectivity index (χ1n) is 10.4. The Hall–Kier alpha value is -0.930. The van der Waals surface area contributed by atoms with Crippen molar-refractivity contribution in [2.45, 2.75) is 87.9 Å². The molecule has 31 heavy (non-hydrogen) atoms. The first-order valence-corrected chi connectivity index (χ1v) is 10.4. The summed E-state index contributed by atoms with van der Waals surface area (Å²) in [6, 6.07) is 0. The zero-order chi connectivity index (χ0) is 23.3. The number of carbonyl (C=O) groups is 1. The number of ether oxygens (including phenoxy) is 4. The molecular formula is C19H34O12. The Morgan fingerprint density at radius 1 is 0.871 bits per heavy atom. The first kappa shape index (κ1) is 26.3. The molecule has 0 aromatic rings. The number of rotatable bonds is 9. The minimum atomic E-state index is -1.72. The zero-order valence-electron chi connectivity index (χ0n) is 17.6. The molecule has 182 valence electrons. The Bertz CT molecular complexity index is 558. The minimum Gasteiger partial charge on any atom is -0.466 e. The van der Waals surface area contributed by atoms with Crippen molar-refractivity contribution in [1.29, 1.82) is 0 Å². The fourth-order valence-electron chi connectivity index (χ4n) is 3.85. The average molecular weight is 454 g/mol. The molecule has 2 heterocycles. The van der Waals surface area contributed by atoms with Crippen LogP contribution >= 0.6 is 0 Å². The fraction of sp³-hybridized carbons (Fsp3) is 0.947. The predicted molar refractivity (Wildman–Crippen MR) is 101 cm³/mol. The molecule has 2 fully saturated rings. The molecule has 2 aliphatic heterocycles. The Kier molecular flexibility index (Phi) is 10.0. The van der Waals surface area contributed by atoms with Gasteiger partial charge in [-0.05, 0) is 19.3 Å². The van der Waals surface area contributed by atoms with Crippen molar-refractivity contribution in [3.05, 3.63) is 0 Å². The number of aliphatic hydroxyl groups excluding tert-OH is 7. The van der Waals surface area contributed by atoms with Crippen LogP contribution in [0.15, 0.2) is 0 Å². The lowest BCUT2D eigenvalue weighted by molar-refractivity contribution is -0.342. The van der Waals surface area contributed by atoms with Crippen molar-refractivity contribution >= 4 is 5.97 Å². The number of aliphatic hydroxyl groups is 7.